The Bertz CT molecular complexity index is 430. The predicted octanol–water partition coefficient (Wildman–Crippen LogP) is 2.04. The molecule has 1 heterocycles. The van der Waals surface area contributed by atoms with Crippen molar-refractivity contribution in [2.45, 2.75) is 63.2 Å². The lowest BCUT2D eigenvalue weighted by Gasteiger charge is -2.31. The van der Waals surface area contributed by atoms with Gasteiger partial charge >= 0.3 is 0 Å². The molecule has 1 aliphatic heterocycles. The van der Waals surface area contributed by atoms with Gasteiger partial charge in [0.1, 0.15) is 5.25 Å². The van der Waals surface area contributed by atoms with E-state index < -0.39 is 15.3 Å². The molecule has 110 valence electrons. The van der Waals surface area contributed by atoms with Gasteiger partial charge in [-0.15, -0.1) is 0 Å². The van der Waals surface area contributed by atoms with Crippen LogP contribution in [0.2, 0.25) is 0 Å². The maximum absolute atomic E-state index is 12.7. The van der Waals surface area contributed by atoms with Crippen LogP contribution in [0, 0.1) is 5.92 Å². The molecule has 1 aliphatic carbocycles. The van der Waals surface area contributed by atoms with E-state index in [1.165, 1.54) is 25.7 Å². The maximum atomic E-state index is 12.7. The van der Waals surface area contributed by atoms with Crippen molar-refractivity contribution in [1.82, 2.24) is 4.31 Å². The fourth-order valence-corrected chi connectivity index (χ4v) is 6.23. The number of nitrogens with two attached hydrogens (primary N) is 1. The third-order valence-corrected chi connectivity index (χ3v) is 7.41. The second-order valence-electron chi connectivity index (χ2n) is 5.71. The van der Waals surface area contributed by atoms with Gasteiger partial charge in [-0.05, 0) is 38.0 Å². The van der Waals surface area contributed by atoms with E-state index in [4.69, 9.17) is 18.0 Å². The topological polar surface area (TPSA) is 63.4 Å². The summed E-state index contributed by atoms with van der Waals surface area (Å²) in [5, 5.41) is -0.690. The Kier molecular flexibility index (Phi) is 4.84. The smallest absolute Gasteiger partial charge is 0.223 e. The molecule has 2 atom stereocenters. The van der Waals surface area contributed by atoms with Gasteiger partial charge < -0.3 is 5.73 Å². The Morgan fingerprint density at radius 3 is 2.47 bits per heavy atom. The standard InChI is InChI=1S/C13H24N2O2S2/c1-2-12(13(14)18)19(16,17)15-9-5-8-11(15)10-6-3-4-7-10/h10-12H,2-9H2,1H3,(H2,14,18). The normalized spacial score (nSPS) is 27.7. The Morgan fingerprint density at radius 2 is 1.95 bits per heavy atom. The molecular weight excluding hydrogens is 280 g/mol. The minimum Gasteiger partial charge on any atom is -0.392 e. The highest BCUT2D eigenvalue weighted by Crippen LogP contribution is 2.37. The van der Waals surface area contributed by atoms with Crippen molar-refractivity contribution in [3.63, 3.8) is 0 Å². The number of thiocarbonyl (C=S) groups is 1. The van der Waals surface area contributed by atoms with Gasteiger partial charge in [-0.2, -0.15) is 4.31 Å². The summed E-state index contributed by atoms with van der Waals surface area (Å²) < 4.78 is 27.2. The highest BCUT2D eigenvalue weighted by atomic mass is 32.2. The number of hydrogen-bond donors (Lipinski definition) is 1. The Balaban J connectivity index is 2.20. The summed E-state index contributed by atoms with van der Waals surface area (Å²) in [6, 6.07) is 0.191. The summed E-state index contributed by atoms with van der Waals surface area (Å²) in [6.07, 6.45) is 7.24. The summed E-state index contributed by atoms with van der Waals surface area (Å²) in [6.45, 7) is 2.48. The van der Waals surface area contributed by atoms with E-state index in [0.29, 0.717) is 18.9 Å². The zero-order valence-corrected chi connectivity index (χ0v) is 13.2. The van der Waals surface area contributed by atoms with Gasteiger partial charge in [0.25, 0.3) is 0 Å². The molecule has 1 saturated carbocycles. The molecule has 0 aromatic rings. The highest BCUT2D eigenvalue weighted by Gasteiger charge is 2.43. The first kappa shape index (κ1) is 15.2. The third kappa shape index (κ3) is 2.95. The molecule has 2 unspecified atom stereocenters. The lowest BCUT2D eigenvalue weighted by Crippen LogP contribution is -2.48. The Hall–Kier alpha value is -0.200. The first-order valence-electron chi connectivity index (χ1n) is 7.28. The summed E-state index contributed by atoms with van der Waals surface area (Å²) in [7, 11) is -3.37. The van der Waals surface area contributed by atoms with Gasteiger partial charge in [0.05, 0.1) is 4.99 Å². The van der Waals surface area contributed by atoms with E-state index in [1.54, 1.807) is 4.31 Å². The summed E-state index contributed by atoms with van der Waals surface area (Å²) in [4.78, 5) is 0.111. The van der Waals surface area contributed by atoms with Crippen LogP contribution in [0.3, 0.4) is 0 Å². The molecule has 0 aromatic heterocycles. The van der Waals surface area contributed by atoms with Gasteiger partial charge in [0.15, 0.2) is 0 Å². The SMILES string of the molecule is CCC(C(N)=S)S(=O)(=O)N1CCCC1C1CCCC1. The molecule has 2 N–H and O–H groups in total. The predicted molar refractivity (Wildman–Crippen MR) is 81.5 cm³/mol. The van der Waals surface area contributed by atoms with Crippen molar-refractivity contribution < 1.29 is 8.42 Å². The van der Waals surface area contributed by atoms with Gasteiger partial charge in [-0.25, -0.2) is 8.42 Å². The Labute approximate surface area is 121 Å². The molecule has 0 radical (unpaired) electrons. The van der Waals surface area contributed by atoms with Crippen LogP contribution >= 0.6 is 12.2 Å². The summed E-state index contributed by atoms with van der Waals surface area (Å²) in [5.41, 5.74) is 5.63. The highest BCUT2D eigenvalue weighted by molar-refractivity contribution is 7.92. The molecule has 6 heteroatoms. The fourth-order valence-electron chi connectivity index (χ4n) is 3.62. The second-order valence-corrected chi connectivity index (χ2v) is 8.25. The number of nitrogens with zero attached hydrogens (tertiary/aromatic N) is 1. The largest absolute Gasteiger partial charge is 0.392 e. The fraction of sp³-hybridized carbons (Fsp3) is 0.923. The quantitative estimate of drug-likeness (QED) is 0.790. The average molecular weight is 304 g/mol. The van der Waals surface area contributed by atoms with Gasteiger partial charge in [-0.3, -0.25) is 0 Å². The first-order valence-corrected chi connectivity index (χ1v) is 9.19. The third-order valence-electron chi connectivity index (χ3n) is 4.57. The monoisotopic (exact) mass is 304 g/mol. The molecule has 2 aliphatic rings. The molecule has 0 aromatic carbocycles. The van der Waals surface area contributed by atoms with E-state index in [9.17, 15) is 8.42 Å². The molecule has 19 heavy (non-hydrogen) atoms. The van der Waals surface area contributed by atoms with E-state index in [2.05, 4.69) is 0 Å². The van der Waals surface area contributed by atoms with Crippen LogP contribution in [0.25, 0.3) is 0 Å². The lowest BCUT2D eigenvalue weighted by molar-refractivity contribution is 0.287. The molecule has 0 spiro atoms. The average Bonchev–Trinajstić information content (AvgIpc) is 3.00. The first-order chi connectivity index (χ1) is 8.98. The number of sulfonamides is 1. The molecule has 0 bridgehead atoms. The van der Waals surface area contributed by atoms with Gasteiger partial charge in [-0.1, -0.05) is 32.0 Å². The summed E-state index contributed by atoms with van der Waals surface area (Å²) in [5.74, 6) is 0.543. The van der Waals surface area contributed by atoms with E-state index in [0.717, 1.165) is 12.8 Å². The minimum absolute atomic E-state index is 0.111. The molecule has 4 nitrogen and oxygen atoms in total. The van der Waals surface area contributed by atoms with E-state index in [-0.39, 0.29) is 11.0 Å². The molecule has 2 rings (SSSR count). The zero-order valence-electron chi connectivity index (χ0n) is 11.5. The number of hydrogen-bond acceptors (Lipinski definition) is 3. The summed E-state index contributed by atoms with van der Waals surface area (Å²) >= 11 is 4.95. The van der Waals surface area contributed by atoms with Crippen LogP contribution < -0.4 is 5.73 Å². The van der Waals surface area contributed by atoms with Crippen molar-refractivity contribution in [1.29, 1.82) is 0 Å². The van der Waals surface area contributed by atoms with Crippen molar-refractivity contribution >= 4 is 27.2 Å². The van der Waals surface area contributed by atoms with Crippen molar-refractivity contribution in [3.8, 4) is 0 Å². The van der Waals surface area contributed by atoms with Crippen LogP contribution in [0.4, 0.5) is 0 Å². The molecule has 2 fully saturated rings. The van der Waals surface area contributed by atoms with Crippen LogP contribution in [0.15, 0.2) is 0 Å². The Morgan fingerprint density at radius 1 is 1.32 bits per heavy atom. The van der Waals surface area contributed by atoms with Crippen molar-refractivity contribution in [2.24, 2.45) is 11.7 Å². The molecule has 1 saturated heterocycles. The minimum atomic E-state index is -3.37. The molecular formula is C13H24N2O2S2. The van der Waals surface area contributed by atoms with Crippen LogP contribution in [0.1, 0.15) is 51.9 Å². The van der Waals surface area contributed by atoms with Crippen molar-refractivity contribution in [3.05, 3.63) is 0 Å². The molecule has 0 amide bonds. The maximum Gasteiger partial charge on any atom is 0.223 e. The van der Waals surface area contributed by atoms with Crippen LogP contribution in [-0.2, 0) is 10.0 Å². The van der Waals surface area contributed by atoms with Crippen molar-refractivity contribution in [2.75, 3.05) is 6.54 Å². The second kappa shape index (κ2) is 6.06. The van der Waals surface area contributed by atoms with Gasteiger partial charge in [0.2, 0.25) is 10.0 Å². The zero-order chi connectivity index (χ0) is 14.0. The van der Waals surface area contributed by atoms with Crippen LogP contribution in [-0.4, -0.2) is 35.5 Å². The van der Waals surface area contributed by atoms with Crippen LogP contribution in [0.5, 0.6) is 0 Å². The van der Waals surface area contributed by atoms with E-state index in [1.807, 2.05) is 6.92 Å². The van der Waals surface area contributed by atoms with Gasteiger partial charge in [0, 0.05) is 12.6 Å². The lowest BCUT2D eigenvalue weighted by atomic mass is 9.97. The van der Waals surface area contributed by atoms with E-state index >= 15 is 0 Å². The number of rotatable bonds is 5.